The van der Waals surface area contributed by atoms with E-state index in [4.69, 9.17) is 4.74 Å². The molecular formula is C26H44O3. The van der Waals surface area contributed by atoms with Gasteiger partial charge in [0.25, 0.3) is 0 Å². The van der Waals surface area contributed by atoms with Gasteiger partial charge in [-0.15, -0.1) is 0 Å². The summed E-state index contributed by atoms with van der Waals surface area (Å²) in [7, 11) is 0. The fourth-order valence-electron chi connectivity index (χ4n) is 8.23. The van der Waals surface area contributed by atoms with Gasteiger partial charge in [0.15, 0.2) is 0 Å². The molecule has 3 fully saturated rings. The predicted molar refractivity (Wildman–Crippen MR) is 117 cm³/mol. The van der Waals surface area contributed by atoms with Crippen LogP contribution in [0.5, 0.6) is 0 Å². The molecule has 0 aromatic carbocycles. The number of rotatable bonds is 5. The second-order valence-electron chi connectivity index (χ2n) is 12.2. The SMILES string of the molecule is C[C@H](COCC(C)(C)O)[C@H]1CC[C@H]2[C@@H]3CC=C4C[C@@H](O)CC[C@]4(C)[C@H]3CC[C@]12C. The highest BCUT2D eigenvalue weighted by molar-refractivity contribution is 5.25. The summed E-state index contributed by atoms with van der Waals surface area (Å²) in [5.41, 5.74) is 1.61. The van der Waals surface area contributed by atoms with Crippen molar-refractivity contribution in [2.75, 3.05) is 13.2 Å². The maximum absolute atomic E-state index is 10.2. The molecule has 0 heterocycles. The number of hydrogen-bond donors (Lipinski definition) is 2. The average Bonchev–Trinajstić information content (AvgIpc) is 2.98. The van der Waals surface area contributed by atoms with Crippen molar-refractivity contribution in [2.45, 2.75) is 97.7 Å². The van der Waals surface area contributed by atoms with E-state index in [1.807, 2.05) is 13.8 Å². The molecule has 4 aliphatic carbocycles. The van der Waals surface area contributed by atoms with E-state index in [1.165, 1.54) is 38.5 Å². The molecule has 0 aromatic heterocycles. The third-order valence-corrected chi connectivity index (χ3v) is 9.67. The number of allylic oxidation sites excluding steroid dienone is 1. The summed E-state index contributed by atoms with van der Waals surface area (Å²) in [4.78, 5) is 0. The fourth-order valence-corrected chi connectivity index (χ4v) is 8.23. The lowest BCUT2D eigenvalue weighted by Gasteiger charge is -2.58. The zero-order valence-electron chi connectivity index (χ0n) is 19.4. The van der Waals surface area contributed by atoms with Gasteiger partial charge in [-0.2, -0.15) is 0 Å². The third-order valence-electron chi connectivity index (χ3n) is 9.67. The molecule has 0 bridgehead atoms. The van der Waals surface area contributed by atoms with E-state index < -0.39 is 5.60 Å². The first-order valence-corrected chi connectivity index (χ1v) is 12.2. The van der Waals surface area contributed by atoms with Crippen molar-refractivity contribution in [1.82, 2.24) is 0 Å². The van der Waals surface area contributed by atoms with Crippen LogP contribution in [0.25, 0.3) is 0 Å². The summed E-state index contributed by atoms with van der Waals surface area (Å²) in [6, 6.07) is 0. The lowest BCUT2D eigenvalue weighted by molar-refractivity contribution is -0.0718. The van der Waals surface area contributed by atoms with Crippen LogP contribution in [0.15, 0.2) is 11.6 Å². The Morgan fingerprint density at radius 2 is 1.90 bits per heavy atom. The predicted octanol–water partition coefficient (Wildman–Crippen LogP) is 5.35. The highest BCUT2D eigenvalue weighted by Gasteiger charge is 2.59. The highest BCUT2D eigenvalue weighted by atomic mass is 16.5. The zero-order chi connectivity index (χ0) is 21.0. The van der Waals surface area contributed by atoms with Gasteiger partial charge in [-0.05, 0) is 106 Å². The second kappa shape index (κ2) is 7.64. The minimum absolute atomic E-state index is 0.111. The monoisotopic (exact) mass is 404 g/mol. The lowest BCUT2D eigenvalue weighted by Crippen LogP contribution is -2.51. The molecule has 4 aliphatic rings. The molecule has 3 heteroatoms. The van der Waals surface area contributed by atoms with Crippen molar-refractivity contribution < 1.29 is 14.9 Å². The van der Waals surface area contributed by atoms with Gasteiger partial charge >= 0.3 is 0 Å². The van der Waals surface area contributed by atoms with Gasteiger partial charge in [0, 0.05) is 6.61 Å². The van der Waals surface area contributed by atoms with Gasteiger partial charge in [0.1, 0.15) is 0 Å². The Labute approximate surface area is 178 Å². The summed E-state index contributed by atoms with van der Waals surface area (Å²) in [5, 5.41) is 20.2. The van der Waals surface area contributed by atoms with Crippen LogP contribution in [-0.2, 0) is 4.74 Å². The van der Waals surface area contributed by atoms with Crippen molar-refractivity contribution >= 4 is 0 Å². The number of hydrogen-bond acceptors (Lipinski definition) is 3. The van der Waals surface area contributed by atoms with Crippen LogP contribution in [0.2, 0.25) is 0 Å². The Morgan fingerprint density at radius 1 is 1.14 bits per heavy atom. The standard InChI is InChI=1S/C26H44O3/c1-17(15-29-16-24(2,3)28)21-8-9-22-20-7-6-18-14-19(27)10-12-25(18,4)23(20)11-13-26(21,22)5/h6,17,19-23,27-28H,7-16H2,1-5H3/t17-,19+,20+,21-,22+,23+,25+,26-/m1/s1. The van der Waals surface area contributed by atoms with Crippen molar-refractivity contribution in [3.05, 3.63) is 11.6 Å². The summed E-state index contributed by atoms with van der Waals surface area (Å²) in [6.07, 6.45) is 12.2. The Kier molecular flexibility index (Phi) is 5.75. The second-order valence-corrected chi connectivity index (χ2v) is 12.2. The Balaban J connectivity index is 1.47. The lowest BCUT2D eigenvalue weighted by atomic mass is 9.47. The van der Waals surface area contributed by atoms with Gasteiger partial charge in [-0.25, -0.2) is 0 Å². The van der Waals surface area contributed by atoms with Crippen LogP contribution in [0.4, 0.5) is 0 Å². The molecule has 29 heavy (non-hydrogen) atoms. The summed E-state index contributed by atoms with van der Waals surface area (Å²) < 4.78 is 5.92. The van der Waals surface area contributed by atoms with Crippen LogP contribution in [0.3, 0.4) is 0 Å². The number of aliphatic hydroxyl groups is 2. The Hall–Kier alpha value is -0.380. The molecule has 0 spiro atoms. The minimum atomic E-state index is -0.741. The van der Waals surface area contributed by atoms with Crippen molar-refractivity contribution in [3.63, 3.8) is 0 Å². The molecule has 2 N–H and O–H groups in total. The first kappa shape index (κ1) is 21.8. The van der Waals surface area contributed by atoms with E-state index in [2.05, 4.69) is 26.8 Å². The highest BCUT2D eigenvalue weighted by Crippen LogP contribution is 2.67. The maximum atomic E-state index is 10.2. The Bertz CT molecular complexity index is 634. The molecule has 0 aliphatic heterocycles. The molecule has 3 nitrogen and oxygen atoms in total. The Morgan fingerprint density at radius 3 is 2.62 bits per heavy atom. The summed E-state index contributed by atoms with van der Waals surface area (Å²) >= 11 is 0. The van der Waals surface area contributed by atoms with E-state index >= 15 is 0 Å². The molecule has 0 radical (unpaired) electrons. The molecule has 8 atom stereocenters. The van der Waals surface area contributed by atoms with Crippen molar-refractivity contribution in [2.24, 2.45) is 40.4 Å². The fraction of sp³-hybridized carbons (Fsp3) is 0.923. The number of aliphatic hydroxyl groups excluding tert-OH is 1. The summed E-state index contributed by atoms with van der Waals surface area (Å²) in [6.45, 7) is 12.3. The molecule has 0 aromatic rings. The van der Waals surface area contributed by atoms with Crippen molar-refractivity contribution in [3.8, 4) is 0 Å². The van der Waals surface area contributed by atoms with Crippen LogP contribution in [-0.4, -0.2) is 35.1 Å². The van der Waals surface area contributed by atoms with E-state index in [9.17, 15) is 10.2 Å². The van der Waals surface area contributed by atoms with Gasteiger partial charge < -0.3 is 14.9 Å². The van der Waals surface area contributed by atoms with E-state index in [0.717, 1.165) is 43.1 Å². The largest absolute Gasteiger partial charge is 0.393 e. The molecular weight excluding hydrogens is 360 g/mol. The average molecular weight is 405 g/mol. The zero-order valence-corrected chi connectivity index (χ0v) is 19.4. The topological polar surface area (TPSA) is 49.7 Å². The third kappa shape index (κ3) is 3.85. The molecule has 0 amide bonds. The van der Waals surface area contributed by atoms with Gasteiger partial charge in [0.2, 0.25) is 0 Å². The van der Waals surface area contributed by atoms with Gasteiger partial charge in [-0.1, -0.05) is 32.4 Å². The van der Waals surface area contributed by atoms with Crippen molar-refractivity contribution in [1.29, 1.82) is 0 Å². The molecule has 0 saturated heterocycles. The minimum Gasteiger partial charge on any atom is -0.393 e. The van der Waals surface area contributed by atoms with Crippen LogP contribution < -0.4 is 0 Å². The first-order valence-electron chi connectivity index (χ1n) is 12.2. The molecule has 3 saturated carbocycles. The van der Waals surface area contributed by atoms with E-state index in [-0.39, 0.29) is 6.10 Å². The molecule has 4 rings (SSSR count). The molecule has 166 valence electrons. The number of ether oxygens (including phenoxy) is 1. The van der Waals surface area contributed by atoms with E-state index in [0.29, 0.717) is 23.4 Å². The number of fused-ring (bicyclic) bond motifs is 5. The van der Waals surface area contributed by atoms with Crippen LogP contribution in [0, 0.1) is 40.4 Å². The maximum Gasteiger partial charge on any atom is 0.0824 e. The van der Waals surface area contributed by atoms with Gasteiger partial charge in [-0.3, -0.25) is 0 Å². The van der Waals surface area contributed by atoms with Crippen LogP contribution >= 0.6 is 0 Å². The van der Waals surface area contributed by atoms with E-state index in [1.54, 1.807) is 5.57 Å². The first-order chi connectivity index (χ1) is 13.5. The smallest absolute Gasteiger partial charge is 0.0824 e. The quantitative estimate of drug-likeness (QED) is 0.607. The summed E-state index contributed by atoms with van der Waals surface area (Å²) in [5.74, 6) is 3.77. The normalized spacial score (nSPS) is 45.8. The van der Waals surface area contributed by atoms with Crippen LogP contribution in [0.1, 0.15) is 86.0 Å². The van der Waals surface area contributed by atoms with Gasteiger partial charge in [0.05, 0.1) is 18.3 Å². The molecule has 0 unspecified atom stereocenters.